The average molecular weight is 363 g/mol. The van der Waals surface area contributed by atoms with Crippen LogP contribution in [0.1, 0.15) is 24.0 Å². The van der Waals surface area contributed by atoms with Gasteiger partial charge in [0.15, 0.2) is 0 Å². The SMILES string of the molecule is O=CC1(c2cccc(COc3ccc(-c4ccn[nH]4)nc3)c2)CCOCC1. The van der Waals surface area contributed by atoms with Crippen LogP contribution in [0.4, 0.5) is 0 Å². The first-order chi connectivity index (χ1) is 13.3. The average Bonchev–Trinajstić information content (AvgIpc) is 3.28. The van der Waals surface area contributed by atoms with E-state index in [1.807, 2.05) is 36.4 Å². The molecule has 0 bridgehead atoms. The lowest BCUT2D eigenvalue weighted by Gasteiger charge is -2.32. The number of aldehydes is 1. The van der Waals surface area contributed by atoms with E-state index in [2.05, 4.69) is 21.2 Å². The van der Waals surface area contributed by atoms with E-state index in [1.165, 1.54) is 0 Å². The summed E-state index contributed by atoms with van der Waals surface area (Å²) in [5.41, 5.74) is 3.30. The summed E-state index contributed by atoms with van der Waals surface area (Å²) in [6, 6.07) is 13.7. The monoisotopic (exact) mass is 363 g/mol. The van der Waals surface area contributed by atoms with Gasteiger partial charge in [-0.3, -0.25) is 10.1 Å². The minimum absolute atomic E-state index is 0.421. The van der Waals surface area contributed by atoms with Gasteiger partial charge in [-0.2, -0.15) is 5.10 Å². The molecule has 6 heteroatoms. The maximum atomic E-state index is 11.8. The first-order valence-corrected chi connectivity index (χ1v) is 9.01. The Labute approximate surface area is 157 Å². The molecule has 0 radical (unpaired) electrons. The second-order valence-electron chi connectivity index (χ2n) is 6.72. The van der Waals surface area contributed by atoms with E-state index >= 15 is 0 Å². The van der Waals surface area contributed by atoms with Crippen molar-refractivity contribution in [2.24, 2.45) is 0 Å². The van der Waals surface area contributed by atoms with Crippen LogP contribution in [0, 0.1) is 0 Å². The van der Waals surface area contributed by atoms with Gasteiger partial charge in [0.05, 0.1) is 23.0 Å². The largest absolute Gasteiger partial charge is 0.487 e. The van der Waals surface area contributed by atoms with E-state index in [0.29, 0.717) is 25.6 Å². The highest BCUT2D eigenvalue weighted by Crippen LogP contribution is 2.33. The summed E-state index contributed by atoms with van der Waals surface area (Å²) in [5, 5.41) is 6.81. The summed E-state index contributed by atoms with van der Waals surface area (Å²) in [5.74, 6) is 0.694. The minimum Gasteiger partial charge on any atom is -0.487 e. The Hall–Kier alpha value is -2.99. The molecule has 27 heavy (non-hydrogen) atoms. The second kappa shape index (κ2) is 7.72. The Kier molecular flexibility index (Phi) is 4.98. The van der Waals surface area contributed by atoms with Crippen LogP contribution in [0.15, 0.2) is 54.9 Å². The fourth-order valence-corrected chi connectivity index (χ4v) is 3.37. The maximum absolute atomic E-state index is 11.8. The zero-order chi connectivity index (χ0) is 18.5. The number of carbonyl (C=O) groups excluding carboxylic acids is 1. The van der Waals surface area contributed by atoms with Gasteiger partial charge in [-0.05, 0) is 42.2 Å². The van der Waals surface area contributed by atoms with Crippen LogP contribution in [0.5, 0.6) is 5.75 Å². The van der Waals surface area contributed by atoms with E-state index in [-0.39, 0.29) is 0 Å². The molecule has 138 valence electrons. The number of hydrogen-bond donors (Lipinski definition) is 1. The third-order valence-electron chi connectivity index (χ3n) is 5.03. The van der Waals surface area contributed by atoms with Crippen LogP contribution in [0.2, 0.25) is 0 Å². The lowest BCUT2D eigenvalue weighted by Crippen LogP contribution is -2.35. The number of aromatic nitrogens is 3. The van der Waals surface area contributed by atoms with Gasteiger partial charge in [-0.1, -0.05) is 24.3 Å². The van der Waals surface area contributed by atoms with Crippen LogP contribution in [-0.4, -0.2) is 34.7 Å². The third-order valence-corrected chi connectivity index (χ3v) is 5.03. The number of aromatic amines is 1. The Morgan fingerprint density at radius 3 is 2.78 bits per heavy atom. The number of carbonyl (C=O) groups is 1. The molecule has 3 heterocycles. The van der Waals surface area contributed by atoms with Crippen molar-refractivity contribution < 1.29 is 14.3 Å². The molecule has 2 aromatic heterocycles. The van der Waals surface area contributed by atoms with Gasteiger partial charge < -0.3 is 14.3 Å². The van der Waals surface area contributed by atoms with Crippen LogP contribution < -0.4 is 4.74 Å². The quantitative estimate of drug-likeness (QED) is 0.680. The molecule has 1 aromatic carbocycles. The number of rotatable bonds is 6. The van der Waals surface area contributed by atoms with Crippen LogP contribution in [0.3, 0.4) is 0 Å². The molecule has 4 rings (SSSR count). The molecule has 1 fully saturated rings. The number of H-pyrrole nitrogens is 1. The normalized spacial score (nSPS) is 16.0. The first kappa shape index (κ1) is 17.4. The Balaban J connectivity index is 1.45. The number of benzene rings is 1. The van der Waals surface area contributed by atoms with Gasteiger partial charge in [0.25, 0.3) is 0 Å². The molecule has 1 saturated heterocycles. The predicted octanol–water partition coefficient (Wildman–Crippen LogP) is 3.30. The number of nitrogens with one attached hydrogen (secondary N) is 1. The van der Waals surface area contributed by atoms with Gasteiger partial charge in [0.1, 0.15) is 18.6 Å². The molecule has 0 spiro atoms. The predicted molar refractivity (Wildman–Crippen MR) is 100 cm³/mol. The first-order valence-electron chi connectivity index (χ1n) is 9.01. The van der Waals surface area contributed by atoms with Gasteiger partial charge in [0.2, 0.25) is 0 Å². The molecule has 0 aliphatic carbocycles. The highest BCUT2D eigenvalue weighted by Gasteiger charge is 2.34. The topological polar surface area (TPSA) is 77.1 Å². The Bertz CT molecular complexity index is 885. The van der Waals surface area contributed by atoms with Crippen molar-refractivity contribution in [3.05, 3.63) is 66.0 Å². The minimum atomic E-state index is -0.443. The second-order valence-corrected chi connectivity index (χ2v) is 6.72. The van der Waals surface area contributed by atoms with Gasteiger partial charge in [0, 0.05) is 19.4 Å². The van der Waals surface area contributed by atoms with Crippen LogP contribution >= 0.6 is 0 Å². The Morgan fingerprint density at radius 1 is 1.19 bits per heavy atom. The van der Waals surface area contributed by atoms with Crippen molar-refractivity contribution in [3.8, 4) is 17.1 Å². The molecule has 1 N–H and O–H groups in total. The zero-order valence-electron chi connectivity index (χ0n) is 14.9. The Morgan fingerprint density at radius 2 is 2.07 bits per heavy atom. The summed E-state index contributed by atoms with van der Waals surface area (Å²) in [6.45, 7) is 1.66. The molecule has 1 aliphatic rings. The highest BCUT2D eigenvalue weighted by molar-refractivity contribution is 5.69. The molecule has 0 unspecified atom stereocenters. The molecule has 3 aromatic rings. The van der Waals surface area contributed by atoms with Gasteiger partial charge >= 0.3 is 0 Å². The van der Waals surface area contributed by atoms with Crippen molar-refractivity contribution in [3.63, 3.8) is 0 Å². The molecule has 6 nitrogen and oxygen atoms in total. The molecule has 1 aliphatic heterocycles. The van der Waals surface area contributed by atoms with E-state index < -0.39 is 5.41 Å². The zero-order valence-corrected chi connectivity index (χ0v) is 14.9. The number of nitrogens with zero attached hydrogens (tertiary/aromatic N) is 2. The van der Waals surface area contributed by atoms with Crippen LogP contribution in [0.25, 0.3) is 11.4 Å². The van der Waals surface area contributed by atoms with E-state index in [0.717, 1.165) is 41.6 Å². The summed E-state index contributed by atoms with van der Waals surface area (Å²) in [4.78, 5) is 16.2. The fraction of sp³-hybridized carbons (Fsp3) is 0.286. The van der Waals surface area contributed by atoms with Crippen LogP contribution in [-0.2, 0) is 21.6 Å². The fourth-order valence-electron chi connectivity index (χ4n) is 3.37. The van der Waals surface area contributed by atoms with Gasteiger partial charge in [-0.25, -0.2) is 0 Å². The number of pyridine rings is 1. The summed E-state index contributed by atoms with van der Waals surface area (Å²) in [7, 11) is 0. The maximum Gasteiger partial charge on any atom is 0.138 e. The third kappa shape index (κ3) is 3.75. The van der Waals surface area contributed by atoms with Crippen molar-refractivity contribution in [1.29, 1.82) is 0 Å². The molecule has 0 saturated carbocycles. The summed E-state index contributed by atoms with van der Waals surface area (Å²) in [6.07, 6.45) is 5.91. The summed E-state index contributed by atoms with van der Waals surface area (Å²) >= 11 is 0. The van der Waals surface area contributed by atoms with Gasteiger partial charge in [-0.15, -0.1) is 0 Å². The smallest absolute Gasteiger partial charge is 0.138 e. The molecular formula is C21H21N3O3. The standard InChI is InChI=1S/C21H21N3O3/c25-15-21(7-10-26-11-8-21)17-3-1-2-16(12-17)14-27-18-4-5-19(22-13-18)20-6-9-23-24-20/h1-6,9,12-13,15H,7-8,10-11,14H2,(H,23,24). The number of hydrogen-bond acceptors (Lipinski definition) is 5. The van der Waals surface area contributed by atoms with Crippen molar-refractivity contribution in [2.75, 3.05) is 13.2 Å². The molecule has 0 amide bonds. The summed E-state index contributed by atoms with van der Waals surface area (Å²) < 4.78 is 11.3. The van der Waals surface area contributed by atoms with Crippen molar-refractivity contribution >= 4 is 6.29 Å². The lowest BCUT2D eigenvalue weighted by molar-refractivity contribution is -0.115. The molecule has 0 atom stereocenters. The van der Waals surface area contributed by atoms with E-state index in [9.17, 15) is 4.79 Å². The van der Waals surface area contributed by atoms with Crippen molar-refractivity contribution in [1.82, 2.24) is 15.2 Å². The number of ether oxygens (including phenoxy) is 2. The highest BCUT2D eigenvalue weighted by atomic mass is 16.5. The van der Waals surface area contributed by atoms with Crippen molar-refractivity contribution in [2.45, 2.75) is 24.9 Å². The van der Waals surface area contributed by atoms with E-state index in [4.69, 9.17) is 9.47 Å². The lowest BCUT2D eigenvalue weighted by atomic mass is 9.75. The van der Waals surface area contributed by atoms with E-state index in [1.54, 1.807) is 12.4 Å². The molecular weight excluding hydrogens is 342 g/mol.